The van der Waals surface area contributed by atoms with E-state index in [1.54, 1.807) is 36.1 Å². The Kier molecular flexibility index (Phi) is 9.97. The maximum absolute atomic E-state index is 13.1. The molecule has 0 aromatic heterocycles. The van der Waals surface area contributed by atoms with Crippen molar-refractivity contribution in [1.82, 2.24) is 10.2 Å². The molecule has 1 heterocycles. The molecule has 0 spiro atoms. The molecule has 0 aliphatic carbocycles. The van der Waals surface area contributed by atoms with Crippen LogP contribution in [0.2, 0.25) is 10.0 Å². The van der Waals surface area contributed by atoms with Gasteiger partial charge in [0, 0.05) is 18.7 Å². The summed E-state index contributed by atoms with van der Waals surface area (Å²) in [5, 5.41) is 14.8. The van der Waals surface area contributed by atoms with Crippen molar-refractivity contribution in [1.29, 1.82) is 5.26 Å². The molecule has 15 heteroatoms. The highest BCUT2D eigenvalue weighted by molar-refractivity contribution is 6.47. The lowest BCUT2D eigenvalue weighted by molar-refractivity contribution is -0.137. The largest absolute Gasteiger partial charge is 0.454 e. The lowest BCUT2D eigenvalue weighted by atomic mass is 9.98. The summed E-state index contributed by atoms with van der Waals surface area (Å²) >= 11 is 12.7. The van der Waals surface area contributed by atoms with Crippen LogP contribution in [0.15, 0.2) is 59.7 Å². The Morgan fingerprint density at radius 1 is 1.09 bits per heavy atom. The first-order valence-electron chi connectivity index (χ1n) is 12.9. The minimum Gasteiger partial charge on any atom is -0.454 e. The summed E-state index contributed by atoms with van der Waals surface area (Å²) in [6, 6.07) is 13.8. The fourth-order valence-corrected chi connectivity index (χ4v) is 4.72. The fraction of sp³-hybridized carbons (Fsp3) is 0.207. The molecule has 0 bridgehead atoms. The number of carbonyl (C=O) groups is 3. The first kappa shape index (κ1) is 32.1. The predicted octanol–water partition coefficient (Wildman–Crippen LogP) is 6.57. The number of alkyl carbamates (subject to hydrolysis) is 1. The van der Waals surface area contributed by atoms with E-state index in [2.05, 4.69) is 15.3 Å². The van der Waals surface area contributed by atoms with Gasteiger partial charge in [-0.25, -0.2) is 4.79 Å². The van der Waals surface area contributed by atoms with Gasteiger partial charge in [-0.05, 0) is 66.9 Å². The highest BCUT2D eigenvalue weighted by atomic mass is 35.5. The van der Waals surface area contributed by atoms with Crippen LogP contribution in [0.5, 0.6) is 11.5 Å². The van der Waals surface area contributed by atoms with Crippen molar-refractivity contribution in [2.24, 2.45) is 5.10 Å². The third kappa shape index (κ3) is 7.77. The zero-order valence-electron chi connectivity index (χ0n) is 22.8. The summed E-state index contributed by atoms with van der Waals surface area (Å²) in [6.45, 7) is 2.08. The zero-order valence-corrected chi connectivity index (χ0v) is 24.3. The number of hydrazone groups is 1. The van der Waals surface area contributed by atoms with E-state index in [-0.39, 0.29) is 40.5 Å². The Morgan fingerprint density at radius 3 is 2.39 bits per heavy atom. The fourth-order valence-electron chi connectivity index (χ4n) is 4.15. The van der Waals surface area contributed by atoms with Gasteiger partial charge in [0.05, 0.1) is 27.9 Å². The first-order chi connectivity index (χ1) is 20.9. The van der Waals surface area contributed by atoms with Crippen LogP contribution in [-0.2, 0) is 28.7 Å². The summed E-state index contributed by atoms with van der Waals surface area (Å²) in [4.78, 5) is 38.1. The molecule has 3 aromatic rings. The van der Waals surface area contributed by atoms with Crippen molar-refractivity contribution >= 4 is 52.5 Å². The summed E-state index contributed by atoms with van der Waals surface area (Å²) in [7, 11) is 0. The molecule has 2 N–H and O–H groups in total. The predicted molar refractivity (Wildman–Crippen MR) is 155 cm³/mol. The third-order valence-electron chi connectivity index (χ3n) is 6.23. The first-order valence-corrected chi connectivity index (χ1v) is 13.6. The molecule has 4 rings (SSSR count). The molecule has 10 nitrogen and oxygen atoms in total. The number of nitrogens with one attached hydrogen (secondary N) is 2. The van der Waals surface area contributed by atoms with E-state index in [4.69, 9.17) is 27.9 Å². The number of nitriles is 1. The van der Waals surface area contributed by atoms with E-state index in [1.165, 1.54) is 24.3 Å². The van der Waals surface area contributed by atoms with Crippen LogP contribution >= 0.6 is 23.2 Å². The number of amides is 3. The number of benzene rings is 3. The Labute approximate surface area is 258 Å². The minimum absolute atomic E-state index is 0.0264. The van der Waals surface area contributed by atoms with E-state index in [9.17, 15) is 32.8 Å². The normalized spacial score (nSPS) is 13.1. The van der Waals surface area contributed by atoms with Gasteiger partial charge in [-0.1, -0.05) is 35.3 Å². The van der Waals surface area contributed by atoms with E-state index in [0.717, 1.165) is 12.1 Å². The molecule has 0 atom stereocenters. The number of rotatable bonds is 8. The maximum Gasteiger partial charge on any atom is 0.416 e. The molecular formula is C29H22Cl2F3N5O5. The van der Waals surface area contributed by atoms with Crippen LogP contribution in [0.3, 0.4) is 0 Å². The van der Waals surface area contributed by atoms with Crippen molar-refractivity contribution < 1.29 is 37.0 Å². The number of carbonyl (C=O) groups excluding carboxylic acids is 3. The Morgan fingerprint density at radius 2 is 1.77 bits per heavy atom. The van der Waals surface area contributed by atoms with Crippen molar-refractivity contribution in [2.45, 2.75) is 26.1 Å². The van der Waals surface area contributed by atoms with Crippen molar-refractivity contribution in [3.63, 3.8) is 0 Å². The summed E-state index contributed by atoms with van der Waals surface area (Å²) < 4.78 is 49.0. The highest BCUT2D eigenvalue weighted by Gasteiger charge is 2.30. The number of halogens is 5. The molecular weight excluding hydrogens is 626 g/mol. The van der Waals surface area contributed by atoms with Crippen LogP contribution in [0, 0.1) is 11.3 Å². The second kappa shape index (κ2) is 13.7. The van der Waals surface area contributed by atoms with Crippen LogP contribution in [0.1, 0.15) is 34.0 Å². The quantitative estimate of drug-likeness (QED) is 0.209. The molecule has 0 saturated heterocycles. The summed E-state index contributed by atoms with van der Waals surface area (Å²) in [6.07, 6.45) is -4.99. The molecule has 3 aromatic carbocycles. The third-order valence-corrected chi connectivity index (χ3v) is 6.79. The average molecular weight is 648 g/mol. The number of hydrogen-bond acceptors (Lipinski definition) is 8. The second-order valence-electron chi connectivity index (χ2n) is 9.22. The second-order valence-corrected chi connectivity index (χ2v) is 10.0. The molecule has 44 heavy (non-hydrogen) atoms. The molecule has 0 fully saturated rings. The van der Waals surface area contributed by atoms with Gasteiger partial charge in [-0.3, -0.25) is 20.3 Å². The van der Waals surface area contributed by atoms with E-state index >= 15 is 0 Å². The van der Waals surface area contributed by atoms with Crippen LogP contribution in [0.25, 0.3) is 0 Å². The summed E-state index contributed by atoms with van der Waals surface area (Å²) in [5.74, 6) is -0.909. The Bertz CT molecular complexity index is 1650. The van der Waals surface area contributed by atoms with Crippen molar-refractivity contribution in [2.75, 3.05) is 18.6 Å². The number of alkyl halides is 3. The van der Waals surface area contributed by atoms with Crippen molar-refractivity contribution in [3.8, 4) is 17.6 Å². The molecule has 0 saturated carbocycles. The van der Waals surface area contributed by atoms with Crippen molar-refractivity contribution in [3.05, 3.63) is 86.9 Å². The molecule has 1 aliphatic rings. The number of nitrogens with zero attached hydrogens (tertiary/aromatic N) is 3. The van der Waals surface area contributed by atoms with Crippen LogP contribution in [-0.4, -0.2) is 41.7 Å². The van der Waals surface area contributed by atoms with E-state index in [0.29, 0.717) is 35.4 Å². The van der Waals surface area contributed by atoms with E-state index < -0.39 is 29.5 Å². The highest BCUT2D eigenvalue weighted by Crippen LogP contribution is 2.39. The van der Waals surface area contributed by atoms with Gasteiger partial charge in [-0.15, -0.1) is 0 Å². The number of hydrogen-bond donors (Lipinski definition) is 2. The van der Waals surface area contributed by atoms with Gasteiger partial charge < -0.3 is 14.4 Å². The molecule has 0 radical (unpaired) electrons. The van der Waals surface area contributed by atoms with Gasteiger partial charge in [0.15, 0.2) is 5.75 Å². The Balaban J connectivity index is 1.43. The van der Waals surface area contributed by atoms with Gasteiger partial charge >= 0.3 is 12.3 Å². The topological polar surface area (TPSA) is 133 Å². The SMILES string of the molecule is CCOC(=O)NC(=O)C(C#N)=NNc1cc(Cl)c(Oc2ccc3c(c2)CCN(Cc2ccc(C(F)(F)F)cc2)C3=O)c(Cl)c1. The smallest absolute Gasteiger partial charge is 0.416 e. The summed E-state index contributed by atoms with van der Waals surface area (Å²) in [5.41, 5.74) is 2.97. The minimum atomic E-state index is -4.44. The van der Waals surface area contributed by atoms with Gasteiger partial charge in [0.25, 0.3) is 11.8 Å². The number of ether oxygens (including phenoxy) is 2. The van der Waals surface area contributed by atoms with Gasteiger partial charge in [0.1, 0.15) is 11.8 Å². The molecule has 1 aliphatic heterocycles. The molecule has 3 amide bonds. The lowest BCUT2D eigenvalue weighted by Crippen LogP contribution is -2.37. The monoisotopic (exact) mass is 647 g/mol. The van der Waals surface area contributed by atoms with Gasteiger partial charge in [0.2, 0.25) is 5.71 Å². The number of fused-ring (bicyclic) bond motifs is 1. The maximum atomic E-state index is 13.1. The van der Waals surface area contributed by atoms with Crippen LogP contribution < -0.4 is 15.5 Å². The molecule has 228 valence electrons. The molecule has 0 unspecified atom stereocenters. The Hall–Kier alpha value is -4.80. The number of imide groups is 1. The van der Waals surface area contributed by atoms with Crippen LogP contribution in [0.4, 0.5) is 23.7 Å². The zero-order chi connectivity index (χ0) is 32.0. The van der Waals surface area contributed by atoms with Gasteiger partial charge in [-0.2, -0.15) is 23.5 Å². The standard InChI is InChI=1S/C29H22Cl2F3N5O5/c1-2-43-28(42)36-26(40)24(14-35)38-37-19-12-22(30)25(23(31)13-19)44-20-7-8-21-17(11-20)9-10-39(27(21)41)15-16-3-5-18(6-4-16)29(32,33)34/h3-8,11-13,37H,2,9-10,15H2,1H3,(H,36,40,42). The number of anilines is 1. The lowest BCUT2D eigenvalue weighted by Gasteiger charge is -2.29. The van der Waals surface area contributed by atoms with E-state index in [1.807, 2.05) is 5.32 Å². The average Bonchev–Trinajstić information content (AvgIpc) is 2.96.